The molecule has 4 amide bonds. The first kappa shape index (κ1) is 18.1. The van der Waals surface area contributed by atoms with Crippen LogP contribution in [-0.2, 0) is 9.59 Å². The molecule has 2 aromatic carbocycles. The normalized spacial score (nSPS) is 15.4. The Morgan fingerprint density at radius 1 is 1.07 bits per heavy atom. The van der Waals surface area contributed by atoms with E-state index in [0.717, 1.165) is 16.0 Å². The fourth-order valence-electron chi connectivity index (χ4n) is 2.53. The van der Waals surface area contributed by atoms with Gasteiger partial charge < -0.3 is 10.6 Å². The van der Waals surface area contributed by atoms with E-state index in [4.69, 9.17) is 0 Å². The van der Waals surface area contributed by atoms with Gasteiger partial charge in [-0.05, 0) is 30.7 Å². The standard InChI is InChI=1S/C21H19N3O3/c1-15-10-12-17(13-11-15)22-19(25)14-24-20(26)18(23-21(24)27)9-5-8-16-6-3-2-4-7-16/h2-13H,14H2,1H3,(H,22,25)(H,23,27)/b8-5+,18-9-. The highest BCUT2D eigenvalue weighted by Crippen LogP contribution is 2.12. The van der Waals surface area contributed by atoms with Crippen molar-refractivity contribution < 1.29 is 14.4 Å². The average Bonchev–Trinajstić information content (AvgIpc) is 2.92. The van der Waals surface area contributed by atoms with E-state index in [-0.39, 0.29) is 12.2 Å². The van der Waals surface area contributed by atoms with Crippen LogP contribution in [0.1, 0.15) is 11.1 Å². The summed E-state index contributed by atoms with van der Waals surface area (Å²) in [7, 11) is 0. The number of hydrogen-bond donors (Lipinski definition) is 2. The minimum atomic E-state index is -0.613. The Balaban J connectivity index is 1.61. The number of nitrogens with one attached hydrogen (secondary N) is 2. The Hall–Kier alpha value is -3.67. The second-order valence-corrected chi connectivity index (χ2v) is 6.09. The maximum atomic E-state index is 12.4. The number of imide groups is 1. The molecular formula is C21H19N3O3. The molecule has 0 bridgehead atoms. The molecule has 1 heterocycles. The fourth-order valence-corrected chi connectivity index (χ4v) is 2.53. The zero-order chi connectivity index (χ0) is 19.2. The molecule has 0 atom stereocenters. The molecular weight excluding hydrogens is 342 g/mol. The van der Waals surface area contributed by atoms with E-state index in [1.165, 1.54) is 6.08 Å². The van der Waals surface area contributed by atoms with Crippen LogP contribution in [0.2, 0.25) is 0 Å². The van der Waals surface area contributed by atoms with Crippen molar-refractivity contribution >= 4 is 29.6 Å². The molecule has 0 aliphatic carbocycles. The van der Waals surface area contributed by atoms with Crippen LogP contribution in [0, 0.1) is 6.92 Å². The van der Waals surface area contributed by atoms with Crippen molar-refractivity contribution in [1.29, 1.82) is 0 Å². The van der Waals surface area contributed by atoms with Crippen LogP contribution >= 0.6 is 0 Å². The molecule has 0 radical (unpaired) electrons. The monoisotopic (exact) mass is 361 g/mol. The van der Waals surface area contributed by atoms with E-state index >= 15 is 0 Å². The number of urea groups is 1. The smallest absolute Gasteiger partial charge is 0.325 e. The molecule has 0 aromatic heterocycles. The summed E-state index contributed by atoms with van der Waals surface area (Å²) in [5.74, 6) is -0.972. The van der Waals surface area contributed by atoms with E-state index < -0.39 is 17.8 Å². The van der Waals surface area contributed by atoms with Gasteiger partial charge in [-0.1, -0.05) is 60.2 Å². The number of allylic oxidation sites excluding steroid dienone is 2. The van der Waals surface area contributed by atoms with Gasteiger partial charge in [0.15, 0.2) is 0 Å². The number of nitrogens with zero attached hydrogens (tertiary/aromatic N) is 1. The molecule has 136 valence electrons. The number of hydrogen-bond acceptors (Lipinski definition) is 3. The first-order chi connectivity index (χ1) is 13.0. The first-order valence-corrected chi connectivity index (χ1v) is 8.46. The number of anilines is 1. The van der Waals surface area contributed by atoms with Crippen molar-refractivity contribution in [2.24, 2.45) is 0 Å². The molecule has 1 fully saturated rings. The highest BCUT2D eigenvalue weighted by molar-refractivity contribution is 6.14. The lowest BCUT2D eigenvalue weighted by Crippen LogP contribution is -2.38. The van der Waals surface area contributed by atoms with Crippen LogP contribution in [0.3, 0.4) is 0 Å². The van der Waals surface area contributed by atoms with Crippen LogP contribution in [0.15, 0.2) is 72.4 Å². The van der Waals surface area contributed by atoms with Gasteiger partial charge in [-0.3, -0.25) is 9.59 Å². The summed E-state index contributed by atoms with van der Waals surface area (Å²) in [6, 6.07) is 16.2. The third-order valence-corrected chi connectivity index (χ3v) is 3.95. The van der Waals surface area contributed by atoms with Gasteiger partial charge in [0, 0.05) is 5.69 Å². The van der Waals surface area contributed by atoms with E-state index in [0.29, 0.717) is 5.69 Å². The number of amides is 4. The molecule has 0 saturated carbocycles. The molecule has 2 aromatic rings. The number of carbonyl (C=O) groups is 3. The zero-order valence-electron chi connectivity index (χ0n) is 14.8. The number of carbonyl (C=O) groups excluding carboxylic acids is 3. The van der Waals surface area contributed by atoms with Crippen molar-refractivity contribution in [3.8, 4) is 0 Å². The first-order valence-electron chi connectivity index (χ1n) is 8.46. The molecule has 0 unspecified atom stereocenters. The van der Waals surface area contributed by atoms with Gasteiger partial charge in [-0.15, -0.1) is 0 Å². The summed E-state index contributed by atoms with van der Waals surface area (Å²) in [5.41, 5.74) is 2.79. The SMILES string of the molecule is Cc1ccc(NC(=O)CN2C(=O)N/C(=C\C=C\c3ccccc3)C2=O)cc1. The van der Waals surface area contributed by atoms with Gasteiger partial charge in [-0.2, -0.15) is 0 Å². The summed E-state index contributed by atoms with van der Waals surface area (Å²) in [6.07, 6.45) is 5.02. The van der Waals surface area contributed by atoms with Gasteiger partial charge in [0.25, 0.3) is 5.91 Å². The third-order valence-electron chi connectivity index (χ3n) is 3.95. The molecule has 1 aliphatic heterocycles. The third kappa shape index (κ3) is 4.70. The van der Waals surface area contributed by atoms with E-state index in [1.807, 2.05) is 55.5 Å². The fraction of sp³-hybridized carbons (Fsp3) is 0.0952. The Kier molecular flexibility index (Phi) is 5.47. The molecule has 2 N–H and O–H groups in total. The van der Waals surface area contributed by atoms with Crippen LogP contribution in [0.5, 0.6) is 0 Å². The van der Waals surface area contributed by atoms with Crippen LogP contribution < -0.4 is 10.6 Å². The Morgan fingerprint density at radius 3 is 2.48 bits per heavy atom. The summed E-state index contributed by atoms with van der Waals surface area (Å²) < 4.78 is 0. The lowest BCUT2D eigenvalue weighted by atomic mass is 10.2. The Bertz CT molecular complexity index is 915. The lowest BCUT2D eigenvalue weighted by Gasteiger charge is -2.12. The van der Waals surface area contributed by atoms with Gasteiger partial charge in [0.1, 0.15) is 12.2 Å². The van der Waals surface area contributed by atoms with E-state index in [9.17, 15) is 14.4 Å². The average molecular weight is 361 g/mol. The van der Waals surface area contributed by atoms with Crippen molar-refractivity contribution in [1.82, 2.24) is 10.2 Å². The molecule has 3 rings (SSSR count). The molecule has 0 spiro atoms. The zero-order valence-corrected chi connectivity index (χ0v) is 14.8. The van der Waals surface area contributed by atoms with Crippen LogP contribution in [0.25, 0.3) is 6.08 Å². The predicted octanol–water partition coefficient (Wildman–Crippen LogP) is 3.08. The second kappa shape index (κ2) is 8.14. The Labute approximate surface area is 157 Å². The van der Waals surface area contributed by atoms with Gasteiger partial charge in [0.2, 0.25) is 5.91 Å². The minimum absolute atomic E-state index is 0.135. The number of aryl methyl sites for hydroxylation is 1. The van der Waals surface area contributed by atoms with Gasteiger partial charge >= 0.3 is 6.03 Å². The minimum Gasteiger partial charge on any atom is -0.325 e. The van der Waals surface area contributed by atoms with Gasteiger partial charge in [0.05, 0.1) is 0 Å². The van der Waals surface area contributed by atoms with Crippen molar-refractivity contribution in [2.45, 2.75) is 6.92 Å². The van der Waals surface area contributed by atoms with Gasteiger partial charge in [-0.25, -0.2) is 9.69 Å². The summed E-state index contributed by atoms with van der Waals surface area (Å²) in [6.45, 7) is 1.59. The maximum absolute atomic E-state index is 12.4. The lowest BCUT2D eigenvalue weighted by molar-refractivity contribution is -0.127. The quantitative estimate of drug-likeness (QED) is 0.634. The predicted molar refractivity (Wildman–Crippen MR) is 104 cm³/mol. The van der Waals surface area contributed by atoms with Crippen LogP contribution in [-0.4, -0.2) is 29.3 Å². The molecule has 6 nitrogen and oxygen atoms in total. The number of benzene rings is 2. The molecule has 1 saturated heterocycles. The topological polar surface area (TPSA) is 78.5 Å². The highest BCUT2D eigenvalue weighted by atomic mass is 16.2. The molecule has 1 aliphatic rings. The molecule has 6 heteroatoms. The summed E-state index contributed by atoms with van der Waals surface area (Å²) >= 11 is 0. The van der Waals surface area contributed by atoms with Crippen molar-refractivity contribution in [3.05, 3.63) is 83.6 Å². The number of rotatable bonds is 5. The summed E-state index contributed by atoms with van der Waals surface area (Å²) in [5, 5.41) is 5.15. The van der Waals surface area contributed by atoms with E-state index in [1.54, 1.807) is 18.2 Å². The summed E-state index contributed by atoms with van der Waals surface area (Å²) in [4.78, 5) is 37.4. The Morgan fingerprint density at radius 2 is 1.78 bits per heavy atom. The van der Waals surface area contributed by atoms with Crippen molar-refractivity contribution in [3.63, 3.8) is 0 Å². The molecule has 27 heavy (non-hydrogen) atoms. The maximum Gasteiger partial charge on any atom is 0.329 e. The second-order valence-electron chi connectivity index (χ2n) is 6.09. The van der Waals surface area contributed by atoms with E-state index in [2.05, 4.69) is 10.6 Å². The largest absolute Gasteiger partial charge is 0.329 e. The van der Waals surface area contributed by atoms with Crippen LogP contribution in [0.4, 0.5) is 10.5 Å². The van der Waals surface area contributed by atoms with Crippen molar-refractivity contribution in [2.75, 3.05) is 11.9 Å². The highest BCUT2D eigenvalue weighted by Gasteiger charge is 2.34.